The largest absolute Gasteiger partial charge is 0.430 e. The van der Waals surface area contributed by atoms with Crippen molar-refractivity contribution >= 4 is 29.8 Å². The van der Waals surface area contributed by atoms with E-state index >= 15 is 0 Å². The third-order valence-electron chi connectivity index (χ3n) is 5.19. The Balaban J connectivity index is 1.81. The number of amides is 2. The monoisotopic (exact) mass is 350 g/mol. The van der Waals surface area contributed by atoms with Crippen molar-refractivity contribution in [1.29, 1.82) is 0 Å². The topological polar surface area (TPSA) is 49.9 Å². The van der Waals surface area contributed by atoms with E-state index in [0.29, 0.717) is 19.6 Å². The summed E-state index contributed by atoms with van der Waals surface area (Å²) in [4.78, 5) is 27.0. The summed E-state index contributed by atoms with van der Waals surface area (Å²) in [7, 11) is 0. The van der Waals surface area contributed by atoms with Crippen molar-refractivity contribution in [3.8, 4) is 0 Å². The van der Waals surface area contributed by atoms with Gasteiger partial charge < -0.3 is 14.5 Å². The van der Waals surface area contributed by atoms with Gasteiger partial charge in [0.05, 0.1) is 0 Å². The smallest absolute Gasteiger partial charge is 0.411 e. The lowest BCUT2D eigenvalue weighted by atomic mass is 9.74. The van der Waals surface area contributed by atoms with Gasteiger partial charge >= 0.3 is 6.09 Å². The van der Waals surface area contributed by atoms with Crippen LogP contribution in [0.5, 0.6) is 0 Å². The number of aryl methyl sites for hydroxylation is 1. The Kier molecular flexibility index (Phi) is 4.72. The number of likely N-dealkylation sites (tertiary alicyclic amines) is 1. The Morgan fingerprint density at radius 2 is 2.12 bits per heavy atom. The number of carbonyl (C=O) groups excluding carboxylic acids is 2. The van der Waals surface area contributed by atoms with E-state index in [0.717, 1.165) is 31.4 Å². The molecule has 3 rings (SSSR count). The number of fused-ring (bicyclic) bond motifs is 2. The third-order valence-corrected chi connectivity index (χ3v) is 5.28. The molecule has 1 saturated heterocycles. The minimum absolute atomic E-state index is 0.0647. The van der Waals surface area contributed by atoms with Crippen molar-refractivity contribution in [2.75, 3.05) is 24.5 Å². The van der Waals surface area contributed by atoms with Gasteiger partial charge in [0.2, 0.25) is 6.41 Å². The second-order valence-electron chi connectivity index (χ2n) is 6.63. The average Bonchev–Trinajstić information content (AvgIpc) is 2.88. The van der Waals surface area contributed by atoms with E-state index in [-0.39, 0.29) is 11.5 Å². The molecule has 0 aromatic heterocycles. The quantitative estimate of drug-likeness (QED) is 0.621. The minimum atomic E-state index is -0.627. The molecule has 0 aliphatic carbocycles. The van der Waals surface area contributed by atoms with Crippen LogP contribution >= 0.6 is 11.6 Å². The van der Waals surface area contributed by atoms with Gasteiger partial charge in [0.1, 0.15) is 0 Å². The summed E-state index contributed by atoms with van der Waals surface area (Å²) in [5.41, 5.74) is 2.84. The van der Waals surface area contributed by atoms with Crippen LogP contribution in [0.15, 0.2) is 18.2 Å². The molecular weight excluding hydrogens is 328 g/mol. The summed E-state index contributed by atoms with van der Waals surface area (Å²) in [6.07, 6.45) is 3.16. The molecule has 1 fully saturated rings. The summed E-state index contributed by atoms with van der Waals surface area (Å²) in [6, 6.07) is 6.36. The molecule has 1 aromatic carbocycles. The number of hydrogen-bond donors (Lipinski definition) is 0. The van der Waals surface area contributed by atoms with E-state index in [1.165, 1.54) is 11.1 Å². The lowest BCUT2D eigenvalue weighted by Crippen LogP contribution is -2.47. The molecule has 2 aliphatic rings. The number of benzene rings is 1. The van der Waals surface area contributed by atoms with E-state index in [2.05, 4.69) is 19.1 Å². The maximum Gasteiger partial charge on any atom is 0.411 e. The van der Waals surface area contributed by atoms with Crippen molar-refractivity contribution in [2.24, 2.45) is 0 Å². The van der Waals surface area contributed by atoms with Gasteiger partial charge in [-0.25, -0.2) is 4.79 Å². The molecule has 2 aliphatic heterocycles. The lowest BCUT2D eigenvalue weighted by Gasteiger charge is -2.39. The maximum atomic E-state index is 12.0. The minimum Gasteiger partial charge on any atom is -0.430 e. The normalized spacial score (nSPS) is 20.0. The number of halogens is 1. The first-order valence-corrected chi connectivity index (χ1v) is 8.88. The molecule has 0 saturated carbocycles. The van der Waals surface area contributed by atoms with Gasteiger partial charge in [0.25, 0.3) is 0 Å². The van der Waals surface area contributed by atoms with Gasteiger partial charge in [-0.3, -0.25) is 4.79 Å². The molecule has 1 atom stereocenters. The molecule has 0 N–H and O–H groups in total. The van der Waals surface area contributed by atoms with Crippen molar-refractivity contribution in [3.05, 3.63) is 29.3 Å². The van der Waals surface area contributed by atoms with Crippen LogP contribution in [0, 0.1) is 0 Å². The predicted octanol–water partition coefficient (Wildman–Crippen LogP) is 3.28. The fourth-order valence-corrected chi connectivity index (χ4v) is 3.90. The van der Waals surface area contributed by atoms with Crippen molar-refractivity contribution in [1.82, 2.24) is 4.90 Å². The van der Waals surface area contributed by atoms with Crippen LogP contribution in [0.3, 0.4) is 0 Å². The van der Waals surface area contributed by atoms with E-state index in [9.17, 15) is 9.59 Å². The Morgan fingerprint density at radius 1 is 1.42 bits per heavy atom. The fraction of sp³-hybridized carbons (Fsp3) is 0.556. The molecule has 2 heterocycles. The van der Waals surface area contributed by atoms with Gasteiger partial charge in [-0.1, -0.05) is 30.7 Å². The Bertz CT molecular complexity index is 639. The second kappa shape index (κ2) is 6.63. The molecule has 0 radical (unpaired) electrons. The summed E-state index contributed by atoms with van der Waals surface area (Å²) in [5, 5.41) is 0. The number of carbonyl (C=O) groups is 2. The van der Waals surface area contributed by atoms with E-state index in [4.69, 9.17) is 16.3 Å². The highest BCUT2D eigenvalue weighted by Gasteiger charge is 2.45. The van der Waals surface area contributed by atoms with Crippen LogP contribution in [0.25, 0.3) is 0 Å². The number of hydrogen-bond acceptors (Lipinski definition) is 3. The summed E-state index contributed by atoms with van der Waals surface area (Å²) in [5.74, 6) is 0. The van der Waals surface area contributed by atoms with Gasteiger partial charge in [0, 0.05) is 30.7 Å². The first kappa shape index (κ1) is 17.1. The lowest BCUT2D eigenvalue weighted by molar-refractivity contribution is -0.107. The standard InChI is InChI=1S/C18H23ClN2O3/c1-3-14-4-5-16-15(10-14)18(11-21(16)12-22)6-8-20(9-7-18)17(23)24-13(2)19/h4-5,10,12-13H,3,6-9,11H2,1-2H3. The summed E-state index contributed by atoms with van der Waals surface area (Å²) in [6.45, 7) is 5.68. The number of piperidine rings is 1. The highest BCUT2D eigenvalue weighted by molar-refractivity contribution is 6.19. The zero-order valence-electron chi connectivity index (χ0n) is 14.1. The van der Waals surface area contributed by atoms with Crippen LogP contribution in [0.2, 0.25) is 0 Å². The molecule has 2 amide bonds. The van der Waals surface area contributed by atoms with Crippen LogP contribution in [-0.2, 0) is 21.4 Å². The van der Waals surface area contributed by atoms with Crippen molar-refractivity contribution < 1.29 is 14.3 Å². The van der Waals surface area contributed by atoms with E-state index < -0.39 is 5.56 Å². The first-order chi connectivity index (χ1) is 11.5. The molecule has 130 valence electrons. The van der Waals surface area contributed by atoms with Gasteiger partial charge in [-0.05, 0) is 43.4 Å². The molecule has 1 unspecified atom stereocenters. The Morgan fingerprint density at radius 3 is 2.71 bits per heavy atom. The van der Waals surface area contributed by atoms with Crippen molar-refractivity contribution in [3.63, 3.8) is 0 Å². The number of rotatable bonds is 3. The third kappa shape index (κ3) is 2.97. The zero-order chi connectivity index (χ0) is 17.3. The van der Waals surface area contributed by atoms with E-state index in [1.807, 2.05) is 6.07 Å². The van der Waals surface area contributed by atoms with E-state index in [1.54, 1.807) is 16.7 Å². The number of nitrogens with zero attached hydrogens (tertiary/aromatic N) is 2. The number of anilines is 1. The van der Waals surface area contributed by atoms with Gasteiger partial charge in [-0.15, -0.1) is 0 Å². The summed E-state index contributed by atoms with van der Waals surface area (Å²) >= 11 is 5.74. The van der Waals surface area contributed by atoms with Crippen LogP contribution in [-0.4, -0.2) is 42.6 Å². The predicted molar refractivity (Wildman–Crippen MR) is 93.5 cm³/mol. The average molecular weight is 351 g/mol. The second-order valence-corrected chi connectivity index (χ2v) is 7.25. The van der Waals surface area contributed by atoms with Gasteiger partial charge in [0.15, 0.2) is 5.56 Å². The molecule has 6 heteroatoms. The SMILES string of the molecule is CCc1ccc2c(c1)C1(CCN(C(=O)OC(C)Cl)CC1)CN2C=O. The maximum absolute atomic E-state index is 12.0. The Hall–Kier alpha value is -1.75. The van der Waals surface area contributed by atoms with Crippen LogP contribution in [0.4, 0.5) is 10.5 Å². The first-order valence-electron chi connectivity index (χ1n) is 8.44. The Labute approximate surface area is 147 Å². The molecule has 24 heavy (non-hydrogen) atoms. The zero-order valence-corrected chi connectivity index (χ0v) is 14.9. The molecule has 1 spiro atoms. The van der Waals surface area contributed by atoms with Gasteiger partial charge in [-0.2, -0.15) is 0 Å². The molecule has 1 aromatic rings. The molecular formula is C18H23ClN2O3. The molecule has 0 bridgehead atoms. The van der Waals surface area contributed by atoms with Crippen molar-refractivity contribution in [2.45, 2.75) is 44.1 Å². The van der Waals surface area contributed by atoms with Crippen LogP contribution in [0.1, 0.15) is 37.8 Å². The highest BCUT2D eigenvalue weighted by Crippen LogP contribution is 2.47. The fourth-order valence-electron chi connectivity index (χ4n) is 3.83. The number of ether oxygens (including phenoxy) is 1. The molecule has 5 nitrogen and oxygen atoms in total. The van der Waals surface area contributed by atoms with Crippen LogP contribution < -0.4 is 4.90 Å². The summed E-state index contributed by atoms with van der Waals surface area (Å²) < 4.78 is 5.07. The number of alkyl halides is 1. The highest BCUT2D eigenvalue weighted by atomic mass is 35.5.